The number of carbonyl (C=O) groups excluding carboxylic acids is 1. The van der Waals surface area contributed by atoms with Crippen LogP contribution in [-0.2, 0) is 10.8 Å². The molecular weight excluding hydrogens is 264 g/mol. The van der Waals surface area contributed by atoms with E-state index >= 15 is 0 Å². The van der Waals surface area contributed by atoms with Gasteiger partial charge in [0.15, 0.2) is 5.75 Å². The number of ether oxygens (including phenoxy) is 1. The van der Waals surface area contributed by atoms with Gasteiger partial charge < -0.3 is 15.4 Å². The van der Waals surface area contributed by atoms with Gasteiger partial charge in [-0.05, 0) is 12.1 Å². The largest absolute Gasteiger partial charge is 0.489 e. The lowest BCUT2D eigenvalue weighted by Gasteiger charge is -2.21. The Hall–Kier alpha value is -1.56. The van der Waals surface area contributed by atoms with E-state index in [-0.39, 0.29) is 5.91 Å². The van der Waals surface area contributed by atoms with Gasteiger partial charge in [-0.2, -0.15) is 0 Å². The van der Waals surface area contributed by atoms with Crippen LogP contribution < -0.4 is 15.4 Å². The predicted octanol–water partition coefficient (Wildman–Crippen LogP) is 0.989. The van der Waals surface area contributed by atoms with Crippen LogP contribution in [0.25, 0.3) is 0 Å². The molecule has 2 N–H and O–H groups in total. The maximum Gasteiger partial charge on any atom is 0.255 e. The molecule has 1 unspecified atom stereocenters. The van der Waals surface area contributed by atoms with Gasteiger partial charge in [-0.3, -0.25) is 9.00 Å². The van der Waals surface area contributed by atoms with Crippen molar-refractivity contribution < 1.29 is 13.7 Å². The molecule has 1 amide bonds. The number of nitrogens with one attached hydrogen (secondary N) is 2. The van der Waals surface area contributed by atoms with Crippen molar-refractivity contribution in [1.29, 1.82) is 0 Å². The Labute approximate surface area is 115 Å². The van der Waals surface area contributed by atoms with E-state index in [0.29, 0.717) is 36.0 Å². The van der Waals surface area contributed by atoms with Gasteiger partial charge in [0.25, 0.3) is 5.91 Å². The van der Waals surface area contributed by atoms with Crippen LogP contribution in [0, 0.1) is 0 Å². The molecule has 1 aromatic carbocycles. The minimum Gasteiger partial charge on any atom is -0.489 e. The number of rotatable bonds is 5. The second-order valence-corrected chi connectivity index (χ2v) is 6.01. The number of hydrogen-bond donors (Lipinski definition) is 2. The van der Waals surface area contributed by atoms with Crippen LogP contribution in [0.3, 0.4) is 0 Å². The number of para-hydroxylation sites is 1. The zero-order valence-corrected chi connectivity index (χ0v) is 11.7. The first-order chi connectivity index (χ1) is 9.22. The fraction of sp³-hybridized carbons (Fsp3) is 0.462. The van der Waals surface area contributed by atoms with E-state index in [1.807, 2.05) is 19.1 Å². The molecule has 2 rings (SSSR count). The fourth-order valence-electron chi connectivity index (χ4n) is 1.87. The summed E-state index contributed by atoms with van der Waals surface area (Å²) in [6.07, 6.45) is 0. The second-order valence-electron chi connectivity index (χ2n) is 4.15. The number of anilines is 1. The molecular formula is C13H18N2O3S. The monoisotopic (exact) mass is 282 g/mol. The highest BCUT2D eigenvalue weighted by Gasteiger charge is 2.18. The first-order valence-electron chi connectivity index (χ1n) is 6.35. The zero-order valence-electron chi connectivity index (χ0n) is 10.9. The lowest BCUT2D eigenvalue weighted by Crippen LogP contribution is -2.29. The first-order valence-corrected chi connectivity index (χ1v) is 7.84. The normalized spacial score (nSPS) is 14.8. The summed E-state index contributed by atoms with van der Waals surface area (Å²) in [5, 5.41) is 5.96. The van der Waals surface area contributed by atoms with Crippen LogP contribution in [0.1, 0.15) is 17.3 Å². The van der Waals surface area contributed by atoms with Gasteiger partial charge >= 0.3 is 0 Å². The molecule has 0 spiro atoms. The number of amides is 1. The number of carbonyl (C=O) groups is 1. The topological polar surface area (TPSA) is 67.4 Å². The zero-order chi connectivity index (χ0) is 13.7. The van der Waals surface area contributed by atoms with Crippen LogP contribution in [0.2, 0.25) is 0 Å². The van der Waals surface area contributed by atoms with E-state index in [2.05, 4.69) is 10.6 Å². The summed E-state index contributed by atoms with van der Waals surface area (Å²) in [6.45, 7) is 3.58. The summed E-state index contributed by atoms with van der Waals surface area (Å²) in [6, 6.07) is 5.44. The van der Waals surface area contributed by atoms with Crippen LogP contribution in [0.15, 0.2) is 18.2 Å². The number of hydrogen-bond acceptors (Lipinski definition) is 4. The van der Waals surface area contributed by atoms with Gasteiger partial charge in [-0.15, -0.1) is 0 Å². The van der Waals surface area contributed by atoms with Crippen molar-refractivity contribution in [2.45, 2.75) is 6.92 Å². The molecule has 0 saturated carbocycles. The van der Waals surface area contributed by atoms with Gasteiger partial charge in [0, 0.05) is 35.4 Å². The smallest absolute Gasteiger partial charge is 0.255 e. The molecule has 1 aliphatic heterocycles. The van der Waals surface area contributed by atoms with Crippen molar-refractivity contribution in [1.82, 2.24) is 5.32 Å². The van der Waals surface area contributed by atoms with Gasteiger partial charge in [0.05, 0.1) is 11.3 Å². The van der Waals surface area contributed by atoms with Crippen molar-refractivity contribution in [2.24, 2.45) is 0 Å². The van der Waals surface area contributed by atoms with E-state index in [9.17, 15) is 9.00 Å². The third kappa shape index (κ3) is 3.47. The lowest BCUT2D eigenvalue weighted by molar-refractivity contribution is 0.0952. The van der Waals surface area contributed by atoms with Crippen molar-refractivity contribution in [2.75, 3.05) is 36.5 Å². The molecule has 1 aromatic rings. The Morgan fingerprint density at radius 2 is 2.37 bits per heavy atom. The minimum atomic E-state index is -0.860. The third-order valence-corrected chi connectivity index (χ3v) is 4.16. The number of benzene rings is 1. The van der Waals surface area contributed by atoms with Crippen molar-refractivity contribution in [3.05, 3.63) is 23.8 Å². The highest BCUT2D eigenvalue weighted by molar-refractivity contribution is 7.84. The molecule has 104 valence electrons. The van der Waals surface area contributed by atoms with E-state index in [4.69, 9.17) is 4.74 Å². The van der Waals surface area contributed by atoms with Crippen LogP contribution in [-0.4, -0.2) is 41.3 Å². The van der Waals surface area contributed by atoms with Crippen LogP contribution in [0.5, 0.6) is 5.75 Å². The van der Waals surface area contributed by atoms with Gasteiger partial charge in [0.2, 0.25) is 0 Å². The summed E-state index contributed by atoms with van der Waals surface area (Å²) in [5.41, 5.74) is 1.36. The standard InChI is InChI=1S/C13H18N2O3S/c1-2-19(17)9-7-15-13(16)10-4-3-5-11-12(10)18-8-6-14-11/h3-5,14H,2,6-9H2,1H3,(H,15,16). The molecule has 0 aliphatic carbocycles. The predicted molar refractivity (Wildman–Crippen MR) is 76.3 cm³/mol. The summed E-state index contributed by atoms with van der Waals surface area (Å²) >= 11 is 0. The summed E-state index contributed by atoms with van der Waals surface area (Å²) in [7, 11) is -0.860. The Kier molecular flexibility index (Phi) is 4.79. The molecule has 0 saturated heterocycles. The van der Waals surface area contributed by atoms with E-state index in [1.54, 1.807) is 6.07 Å². The van der Waals surface area contributed by atoms with E-state index < -0.39 is 10.8 Å². The van der Waals surface area contributed by atoms with Crippen LogP contribution >= 0.6 is 0 Å². The average Bonchev–Trinajstić information content (AvgIpc) is 2.46. The molecule has 1 heterocycles. The second kappa shape index (κ2) is 6.56. The molecule has 0 aromatic heterocycles. The summed E-state index contributed by atoms with van der Waals surface area (Å²) in [5.74, 6) is 1.51. The lowest BCUT2D eigenvalue weighted by atomic mass is 10.1. The molecule has 0 bridgehead atoms. The maximum absolute atomic E-state index is 12.1. The third-order valence-electron chi connectivity index (χ3n) is 2.86. The molecule has 1 aliphatic rings. The molecule has 5 nitrogen and oxygen atoms in total. The number of fused-ring (bicyclic) bond motifs is 1. The summed E-state index contributed by atoms with van der Waals surface area (Å²) in [4.78, 5) is 12.1. The highest BCUT2D eigenvalue weighted by Crippen LogP contribution is 2.30. The Balaban J connectivity index is 2.01. The van der Waals surface area contributed by atoms with Gasteiger partial charge in [-0.1, -0.05) is 13.0 Å². The molecule has 1 atom stereocenters. The Bertz CT molecular complexity index is 491. The maximum atomic E-state index is 12.1. The average molecular weight is 282 g/mol. The molecule has 6 heteroatoms. The van der Waals surface area contributed by atoms with E-state index in [0.717, 1.165) is 12.2 Å². The van der Waals surface area contributed by atoms with Crippen molar-refractivity contribution >= 4 is 22.4 Å². The van der Waals surface area contributed by atoms with Crippen molar-refractivity contribution in [3.63, 3.8) is 0 Å². The van der Waals surface area contributed by atoms with Crippen LogP contribution in [0.4, 0.5) is 5.69 Å². The van der Waals surface area contributed by atoms with Gasteiger partial charge in [-0.25, -0.2) is 0 Å². The first kappa shape index (κ1) is 13.9. The molecule has 0 radical (unpaired) electrons. The Morgan fingerprint density at radius 3 is 3.16 bits per heavy atom. The molecule has 0 fully saturated rings. The van der Waals surface area contributed by atoms with E-state index in [1.165, 1.54) is 0 Å². The quantitative estimate of drug-likeness (QED) is 0.845. The fourth-order valence-corrected chi connectivity index (χ4v) is 2.49. The summed E-state index contributed by atoms with van der Waals surface area (Å²) < 4.78 is 16.8. The molecule has 19 heavy (non-hydrogen) atoms. The SMILES string of the molecule is CCS(=O)CCNC(=O)c1cccc2c1OCCN2. The van der Waals surface area contributed by atoms with Gasteiger partial charge in [0.1, 0.15) is 6.61 Å². The Morgan fingerprint density at radius 1 is 1.53 bits per heavy atom. The highest BCUT2D eigenvalue weighted by atomic mass is 32.2. The minimum absolute atomic E-state index is 0.186. The van der Waals surface area contributed by atoms with Crippen molar-refractivity contribution in [3.8, 4) is 5.75 Å².